The lowest BCUT2D eigenvalue weighted by Gasteiger charge is -2.50. The van der Waals surface area contributed by atoms with Gasteiger partial charge in [-0.3, -0.25) is 0 Å². The number of aryl methyl sites for hydroxylation is 1. The van der Waals surface area contributed by atoms with Crippen LogP contribution in [-0.4, -0.2) is 11.2 Å². The van der Waals surface area contributed by atoms with Crippen molar-refractivity contribution in [2.45, 2.75) is 57.5 Å². The van der Waals surface area contributed by atoms with Crippen LogP contribution in [0.5, 0.6) is 11.5 Å². The SMILES string of the molecule is C[C@]12CC[C@@H]3c4ccc(Oc5ccc(N)c(F)c5)cc4CC[C@H]3[C@@H]1CC[C@@H]2O. The van der Waals surface area contributed by atoms with Gasteiger partial charge in [0.1, 0.15) is 17.3 Å². The second-order valence-corrected chi connectivity index (χ2v) is 9.20. The third-order valence-electron chi connectivity index (χ3n) is 7.86. The summed E-state index contributed by atoms with van der Waals surface area (Å²) < 4.78 is 19.6. The molecule has 2 fully saturated rings. The summed E-state index contributed by atoms with van der Waals surface area (Å²) in [7, 11) is 0. The number of nitrogen functional groups attached to an aromatic ring is 1. The van der Waals surface area contributed by atoms with Crippen molar-refractivity contribution in [3.8, 4) is 11.5 Å². The highest BCUT2D eigenvalue weighted by Crippen LogP contribution is 2.60. The molecule has 3 nitrogen and oxygen atoms in total. The summed E-state index contributed by atoms with van der Waals surface area (Å²) in [4.78, 5) is 0. The van der Waals surface area contributed by atoms with Gasteiger partial charge in [-0.1, -0.05) is 13.0 Å². The number of hydrogen-bond donors (Lipinski definition) is 2. The molecule has 3 aliphatic rings. The lowest BCUT2D eigenvalue weighted by Crippen LogP contribution is -2.43. The molecule has 0 unspecified atom stereocenters. The molecule has 0 heterocycles. The van der Waals surface area contributed by atoms with E-state index >= 15 is 0 Å². The molecular formula is C24H28FNO2. The van der Waals surface area contributed by atoms with Gasteiger partial charge in [-0.05, 0) is 97.1 Å². The molecule has 0 bridgehead atoms. The van der Waals surface area contributed by atoms with Gasteiger partial charge in [-0.2, -0.15) is 0 Å². The van der Waals surface area contributed by atoms with E-state index in [0.29, 0.717) is 23.5 Å². The van der Waals surface area contributed by atoms with Crippen LogP contribution in [0.3, 0.4) is 0 Å². The smallest absolute Gasteiger partial charge is 0.149 e. The van der Waals surface area contributed by atoms with Crippen LogP contribution in [0, 0.1) is 23.1 Å². The maximum absolute atomic E-state index is 13.7. The molecule has 4 heteroatoms. The fourth-order valence-electron chi connectivity index (χ4n) is 6.30. The van der Waals surface area contributed by atoms with Crippen LogP contribution in [-0.2, 0) is 6.42 Å². The third-order valence-corrected chi connectivity index (χ3v) is 7.86. The predicted molar refractivity (Wildman–Crippen MR) is 108 cm³/mol. The Balaban J connectivity index is 1.39. The Morgan fingerprint density at radius 3 is 2.68 bits per heavy atom. The summed E-state index contributed by atoms with van der Waals surface area (Å²) in [6.07, 6.45) is 6.50. The van der Waals surface area contributed by atoms with Crippen molar-refractivity contribution in [1.82, 2.24) is 0 Å². The Hall–Kier alpha value is -2.07. The van der Waals surface area contributed by atoms with E-state index in [2.05, 4.69) is 19.1 Å². The van der Waals surface area contributed by atoms with Crippen LogP contribution in [0.1, 0.15) is 56.1 Å². The van der Waals surface area contributed by atoms with E-state index in [1.807, 2.05) is 6.07 Å². The Kier molecular flexibility index (Phi) is 4.16. The molecule has 2 aromatic rings. The van der Waals surface area contributed by atoms with Gasteiger partial charge in [0.2, 0.25) is 0 Å². The second-order valence-electron chi connectivity index (χ2n) is 9.20. The first-order valence-corrected chi connectivity index (χ1v) is 10.5. The number of aliphatic hydroxyl groups excluding tert-OH is 1. The quantitative estimate of drug-likeness (QED) is 0.683. The van der Waals surface area contributed by atoms with Crippen molar-refractivity contribution in [3.05, 3.63) is 53.3 Å². The molecule has 28 heavy (non-hydrogen) atoms. The summed E-state index contributed by atoms with van der Waals surface area (Å²) in [5.41, 5.74) is 8.60. The van der Waals surface area contributed by atoms with Crippen molar-refractivity contribution in [1.29, 1.82) is 0 Å². The first kappa shape index (κ1) is 18.0. The van der Waals surface area contributed by atoms with Gasteiger partial charge >= 0.3 is 0 Å². The van der Waals surface area contributed by atoms with Gasteiger partial charge in [0, 0.05) is 6.07 Å². The molecule has 2 aromatic carbocycles. The topological polar surface area (TPSA) is 55.5 Å². The number of ether oxygens (including phenoxy) is 1. The average Bonchev–Trinajstić information content (AvgIpc) is 2.99. The number of anilines is 1. The number of halogens is 1. The zero-order valence-electron chi connectivity index (χ0n) is 16.3. The molecule has 0 saturated heterocycles. The molecule has 0 radical (unpaired) electrons. The van der Waals surface area contributed by atoms with Gasteiger partial charge in [0.25, 0.3) is 0 Å². The number of hydrogen-bond acceptors (Lipinski definition) is 3. The van der Waals surface area contributed by atoms with Crippen LogP contribution >= 0.6 is 0 Å². The molecule has 0 amide bonds. The lowest BCUT2D eigenvalue weighted by molar-refractivity contribution is -0.0226. The predicted octanol–water partition coefficient (Wildman–Crippen LogP) is 5.42. The van der Waals surface area contributed by atoms with E-state index in [-0.39, 0.29) is 17.2 Å². The number of rotatable bonds is 2. The molecule has 148 valence electrons. The standard InChI is InChI=1S/C24H28FNO2/c1-24-11-10-18-17-6-3-15(28-16-4-8-22(26)21(25)13-16)12-14(17)2-5-19(18)20(24)7-9-23(24)27/h3-4,6,8,12-13,18-20,23,27H,2,5,7,9-11,26H2,1H3/t18-,19-,20+,23+,24+/m1/s1. The van der Waals surface area contributed by atoms with E-state index in [9.17, 15) is 9.50 Å². The Morgan fingerprint density at radius 1 is 1.07 bits per heavy atom. The van der Waals surface area contributed by atoms with Crippen molar-refractivity contribution >= 4 is 5.69 Å². The molecular weight excluding hydrogens is 353 g/mol. The van der Waals surface area contributed by atoms with Crippen LogP contribution in [0.2, 0.25) is 0 Å². The van der Waals surface area contributed by atoms with Crippen molar-refractivity contribution in [3.63, 3.8) is 0 Å². The Morgan fingerprint density at radius 2 is 1.86 bits per heavy atom. The van der Waals surface area contributed by atoms with E-state index in [0.717, 1.165) is 37.9 Å². The molecule has 5 rings (SSSR count). The number of benzene rings is 2. The highest BCUT2D eigenvalue weighted by atomic mass is 19.1. The molecule has 5 atom stereocenters. The highest BCUT2D eigenvalue weighted by Gasteiger charge is 2.54. The van der Waals surface area contributed by atoms with E-state index in [1.165, 1.54) is 29.7 Å². The Labute approximate surface area is 165 Å². The maximum Gasteiger partial charge on any atom is 0.149 e. The van der Waals surface area contributed by atoms with Crippen molar-refractivity contribution < 1.29 is 14.2 Å². The second kappa shape index (κ2) is 6.48. The molecule has 3 N–H and O–H groups in total. The first-order chi connectivity index (χ1) is 13.5. The molecule has 0 spiro atoms. The number of fused-ring (bicyclic) bond motifs is 5. The van der Waals surface area contributed by atoms with E-state index in [1.54, 1.807) is 6.07 Å². The van der Waals surface area contributed by atoms with Crippen molar-refractivity contribution in [2.24, 2.45) is 17.3 Å². The van der Waals surface area contributed by atoms with Gasteiger partial charge in [-0.15, -0.1) is 0 Å². The minimum atomic E-state index is -0.456. The summed E-state index contributed by atoms with van der Waals surface area (Å²) >= 11 is 0. The molecule has 0 aliphatic heterocycles. The zero-order valence-corrected chi connectivity index (χ0v) is 16.3. The third kappa shape index (κ3) is 2.73. The van der Waals surface area contributed by atoms with Gasteiger partial charge in [0.05, 0.1) is 11.8 Å². The first-order valence-electron chi connectivity index (χ1n) is 10.5. The number of aliphatic hydroxyl groups is 1. The average molecular weight is 381 g/mol. The molecule has 0 aromatic heterocycles. The maximum atomic E-state index is 13.7. The van der Waals surface area contributed by atoms with E-state index < -0.39 is 5.82 Å². The van der Waals surface area contributed by atoms with Gasteiger partial charge < -0.3 is 15.6 Å². The monoisotopic (exact) mass is 381 g/mol. The summed E-state index contributed by atoms with van der Waals surface area (Å²) in [6, 6.07) is 10.9. The normalized spacial score (nSPS) is 33.7. The minimum absolute atomic E-state index is 0.112. The highest BCUT2D eigenvalue weighted by molar-refractivity contribution is 5.46. The van der Waals surface area contributed by atoms with Crippen molar-refractivity contribution in [2.75, 3.05) is 5.73 Å². The van der Waals surface area contributed by atoms with Crippen LogP contribution < -0.4 is 10.5 Å². The van der Waals surface area contributed by atoms with Gasteiger partial charge in [0.15, 0.2) is 0 Å². The largest absolute Gasteiger partial charge is 0.457 e. The van der Waals surface area contributed by atoms with Gasteiger partial charge in [-0.25, -0.2) is 4.39 Å². The fourth-order valence-corrected chi connectivity index (χ4v) is 6.30. The Bertz CT molecular complexity index is 913. The molecule has 3 aliphatic carbocycles. The fraction of sp³-hybridized carbons (Fsp3) is 0.500. The summed E-state index contributed by atoms with van der Waals surface area (Å²) in [5.74, 6) is 2.67. The molecule has 2 saturated carbocycles. The summed E-state index contributed by atoms with van der Waals surface area (Å²) in [5, 5.41) is 10.5. The van der Waals surface area contributed by atoms with Crippen LogP contribution in [0.4, 0.5) is 10.1 Å². The van der Waals surface area contributed by atoms with E-state index in [4.69, 9.17) is 10.5 Å². The minimum Gasteiger partial charge on any atom is -0.457 e. The lowest BCUT2D eigenvalue weighted by atomic mass is 9.55. The van der Waals surface area contributed by atoms with Crippen LogP contribution in [0.25, 0.3) is 0 Å². The van der Waals surface area contributed by atoms with Crippen LogP contribution in [0.15, 0.2) is 36.4 Å². The summed E-state index contributed by atoms with van der Waals surface area (Å²) in [6.45, 7) is 2.31. The zero-order chi connectivity index (χ0) is 19.5. The number of nitrogens with two attached hydrogens (primary N) is 1.